The molecule has 2 amide bonds. The second-order valence-electron chi connectivity index (χ2n) is 16.3. The van der Waals surface area contributed by atoms with Crippen molar-refractivity contribution >= 4 is 17.6 Å². The fraction of sp³-hybridized carbons (Fsp3) is 0.765. The van der Waals surface area contributed by atoms with E-state index in [0.717, 1.165) is 63.6 Å². The first kappa shape index (κ1) is 27.7. The second-order valence-corrected chi connectivity index (χ2v) is 16.3. The van der Waals surface area contributed by atoms with Crippen LogP contribution in [0.25, 0.3) is 0 Å². The van der Waals surface area contributed by atoms with Crippen molar-refractivity contribution in [3.05, 3.63) is 23.3 Å². The van der Waals surface area contributed by atoms with Gasteiger partial charge in [-0.1, -0.05) is 60.1 Å². The lowest BCUT2D eigenvalue weighted by atomic mass is 9.34. The normalized spacial score (nSPS) is 45.2. The van der Waals surface area contributed by atoms with Crippen LogP contribution in [0, 0.1) is 61.6 Å². The smallest absolute Gasteiger partial charge is 0.317 e. The van der Waals surface area contributed by atoms with E-state index in [1.807, 2.05) is 30.9 Å². The van der Waals surface area contributed by atoms with Gasteiger partial charge in [-0.25, -0.2) is 4.79 Å². The lowest BCUT2D eigenvalue weighted by molar-refractivity contribution is -0.173. The van der Waals surface area contributed by atoms with E-state index in [-0.39, 0.29) is 62.6 Å². The molecule has 6 rings (SSSR count). The maximum Gasteiger partial charge on any atom is 0.317 e. The fourth-order valence-corrected chi connectivity index (χ4v) is 11.1. The zero-order valence-electron chi connectivity index (χ0n) is 25.6. The topological polar surface area (TPSA) is 90.3 Å². The maximum atomic E-state index is 14.6. The minimum absolute atomic E-state index is 0.0347. The number of fused-ring (bicyclic) bond motifs is 7. The summed E-state index contributed by atoms with van der Waals surface area (Å²) in [5, 5.41) is 12.9. The number of hydrogen-bond acceptors (Lipinski definition) is 4. The van der Waals surface area contributed by atoms with Crippen molar-refractivity contribution in [2.24, 2.45) is 50.2 Å². The van der Waals surface area contributed by atoms with Crippen LogP contribution in [0.15, 0.2) is 23.3 Å². The van der Waals surface area contributed by atoms with Crippen LogP contribution < -0.4 is 5.32 Å². The van der Waals surface area contributed by atoms with Gasteiger partial charge in [0.25, 0.3) is 0 Å². The average Bonchev–Trinajstić information content (AvgIpc) is 3.27. The molecule has 0 aromatic heterocycles. The summed E-state index contributed by atoms with van der Waals surface area (Å²) >= 11 is 0. The number of allylic oxidation sites excluding steroid dienone is 4. The molecule has 1 N–H and O–H groups in total. The number of carbonyl (C=O) groups is 3. The minimum atomic E-state index is -0.650. The Morgan fingerprint density at radius 3 is 2.35 bits per heavy atom. The first-order chi connectivity index (χ1) is 18.5. The van der Waals surface area contributed by atoms with E-state index < -0.39 is 10.8 Å². The Morgan fingerprint density at radius 1 is 1.00 bits per heavy atom. The standard InChI is InChI=1S/C34H47N3O3/c1-29(2)10-12-34(20-37-15-14-36-28(37)40)13-11-33(7)26(22(34)18-29)23(38)16-25-31(5)17-21(19-35)27(39)30(3,4)24(31)8-9-32(25,33)6/h16-17,22,24,26H,8-15,18,20H2,1-7H3,(H,36,40)/t22-,24-,26-,31-,32+,33+,34+/m0/s1. The van der Waals surface area contributed by atoms with E-state index in [9.17, 15) is 19.6 Å². The van der Waals surface area contributed by atoms with E-state index in [1.54, 1.807) is 0 Å². The predicted molar refractivity (Wildman–Crippen MR) is 154 cm³/mol. The van der Waals surface area contributed by atoms with Crippen molar-refractivity contribution in [3.63, 3.8) is 0 Å². The molecule has 1 saturated heterocycles. The zero-order valence-corrected chi connectivity index (χ0v) is 25.6. The van der Waals surface area contributed by atoms with Crippen molar-refractivity contribution in [3.8, 4) is 6.07 Å². The van der Waals surface area contributed by atoms with Gasteiger partial charge in [-0.3, -0.25) is 9.59 Å². The summed E-state index contributed by atoms with van der Waals surface area (Å²) in [6.45, 7) is 17.8. The van der Waals surface area contributed by atoms with Gasteiger partial charge in [-0.15, -0.1) is 0 Å². The highest BCUT2D eigenvalue weighted by Gasteiger charge is 2.70. The number of Topliss-reactive ketones (excluding diaryl/α,β-unsaturated/α-hetero) is 1. The molecular formula is C34H47N3O3. The third kappa shape index (κ3) is 3.42. The van der Waals surface area contributed by atoms with Crippen LogP contribution in [0.3, 0.4) is 0 Å². The van der Waals surface area contributed by atoms with Gasteiger partial charge in [-0.05, 0) is 84.5 Å². The molecule has 1 aliphatic heterocycles. The van der Waals surface area contributed by atoms with E-state index in [1.165, 1.54) is 0 Å². The number of ketones is 2. The average molecular weight is 546 g/mol. The van der Waals surface area contributed by atoms with Gasteiger partial charge < -0.3 is 10.2 Å². The quantitative estimate of drug-likeness (QED) is 0.445. The third-order valence-electron chi connectivity index (χ3n) is 13.5. The van der Waals surface area contributed by atoms with Crippen LogP contribution in [0.5, 0.6) is 0 Å². The SMILES string of the molecule is CC1(C)CC[C@]2(CN3CCNC3=O)CC[C@]3(C)[C@H](C(=O)C=C4[C@@]5(C)C=C(C#N)C(=O)C(C)(C)[C@@H]5CC[C@]43C)[C@@H]2C1. The van der Waals surface area contributed by atoms with Crippen LogP contribution >= 0.6 is 0 Å². The summed E-state index contributed by atoms with van der Waals surface area (Å²) in [6, 6.07) is 2.24. The molecule has 0 bridgehead atoms. The zero-order chi connectivity index (χ0) is 29.1. The van der Waals surface area contributed by atoms with Gasteiger partial charge in [0.15, 0.2) is 11.6 Å². The number of rotatable bonds is 2. The largest absolute Gasteiger partial charge is 0.336 e. The first-order valence-electron chi connectivity index (χ1n) is 15.5. The molecule has 1 heterocycles. The molecule has 6 heteroatoms. The highest BCUT2D eigenvalue weighted by molar-refractivity contribution is 6.04. The molecule has 6 nitrogen and oxygen atoms in total. The molecule has 0 radical (unpaired) electrons. The van der Waals surface area contributed by atoms with Gasteiger partial charge in [0.1, 0.15) is 6.07 Å². The lowest BCUT2D eigenvalue weighted by Crippen LogP contribution is -2.66. The summed E-state index contributed by atoms with van der Waals surface area (Å²) < 4.78 is 0. The van der Waals surface area contributed by atoms with E-state index >= 15 is 0 Å². The van der Waals surface area contributed by atoms with Crippen molar-refractivity contribution in [1.82, 2.24) is 10.2 Å². The molecule has 0 aromatic rings. The monoisotopic (exact) mass is 545 g/mol. The van der Waals surface area contributed by atoms with E-state index in [0.29, 0.717) is 6.54 Å². The Morgan fingerprint density at radius 2 is 1.70 bits per heavy atom. The van der Waals surface area contributed by atoms with Gasteiger partial charge >= 0.3 is 6.03 Å². The molecule has 6 aliphatic rings. The molecule has 0 spiro atoms. The molecular weight excluding hydrogens is 498 g/mol. The summed E-state index contributed by atoms with van der Waals surface area (Å²) in [5.74, 6) is 0.368. The van der Waals surface area contributed by atoms with Crippen LogP contribution in [0.1, 0.15) is 93.4 Å². The van der Waals surface area contributed by atoms with E-state index in [4.69, 9.17) is 0 Å². The third-order valence-corrected chi connectivity index (χ3v) is 13.5. The lowest BCUT2D eigenvalue weighted by Gasteiger charge is -2.69. The molecule has 5 aliphatic carbocycles. The predicted octanol–water partition coefficient (Wildman–Crippen LogP) is 6.23. The molecule has 40 heavy (non-hydrogen) atoms. The van der Waals surface area contributed by atoms with Gasteiger partial charge in [0, 0.05) is 36.4 Å². The van der Waals surface area contributed by atoms with Crippen LogP contribution in [-0.2, 0) is 9.59 Å². The number of nitrogens with one attached hydrogen (secondary N) is 1. The number of hydrogen-bond donors (Lipinski definition) is 1. The van der Waals surface area contributed by atoms with Crippen LogP contribution in [0.4, 0.5) is 4.79 Å². The Hall–Kier alpha value is -2.42. The molecule has 0 aromatic carbocycles. The summed E-state index contributed by atoms with van der Waals surface area (Å²) in [7, 11) is 0. The number of nitrogens with zero attached hydrogens (tertiary/aromatic N) is 2. The van der Waals surface area contributed by atoms with Crippen molar-refractivity contribution in [2.75, 3.05) is 19.6 Å². The second kappa shape index (κ2) is 8.33. The Bertz CT molecular complexity index is 1300. The molecule has 216 valence electrons. The van der Waals surface area contributed by atoms with Gasteiger partial charge in [0.05, 0.1) is 5.57 Å². The first-order valence-corrected chi connectivity index (χ1v) is 15.5. The Labute approximate surface area is 240 Å². The molecule has 4 fully saturated rings. The Kier molecular flexibility index (Phi) is 5.77. The van der Waals surface area contributed by atoms with Crippen molar-refractivity contribution in [2.45, 2.75) is 93.4 Å². The minimum Gasteiger partial charge on any atom is -0.336 e. The van der Waals surface area contributed by atoms with Gasteiger partial charge in [-0.2, -0.15) is 5.26 Å². The van der Waals surface area contributed by atoms with Gasteiger partial charge in [0.2, 0.25) is 0 Å². The van der Waals surface area contributed by atoms with Crippen molar-refractivity contribution in [1.29, 1.82) is 5.26 Å². The number of amides is 2. The summed E-state index contributed by atoms with van der Waals surface area (Å²) in [6.07, 6.45) is 10.9. The van der Waals surface area contributed by atoms with Crippen LogP contribution in [0.2, 0.25) is 0 Å². The molecule has 0 unspecified atom stereocenters. The number of carbonyl (C=O) groups excluding carboxylic acids is 3. The Balaban J connectivity index is 1.48. The van der Waals surface area contributed by atoms with Crippen molar-refractivity contribution < 1.29 is 14.4 Å². The number of urea groups is 1. The highest BCUT2D eigenvalue weighted by Crippen LogP contribution is 2.74. The fourth-order valence-electron chi connectivity index (χ4n) is 11.1. The summed E-state index contributed by atoms with van der Waals surface area (Å²) in [4.78, 5) is 42.6. The van der Waals surface area contributed by atoms with E-state index in [2.05, 4.69) is 46.0 Å². The molecule has 7 atom stereocenters. The van der Waals surface area contributed by atoms with Crippen LogP contribution in [-0.4, -0.2) is 42.1 Å². The highest BCUT2D eigenvalue weighted by atomic mass is 16.2. The maximum absolute atomic E-state index is 14.6. The number of nitriles is 1. The molecule has 3 saturated carbocycles. The summed E-state index contributed by atoms with van der Waals surface area (Å²) in [5.41, 5.74) is -0.0636.